The van der Waals surface area contributed by atoms with Crippen LogP contribution in [0.25, 0.3) is 0 Å². The average molecular weight is 958 g/mol. The number of hydrogen-bond acceptors (Lipinski definition) is 10. The molecular weight excluding hydrogens is 859 g/mol. The van der Waals surface area contributed by atoms with E-state index in [9.17, 15) is 35.1 Å². The van der Waals surface area contributed by atoms with Crippen molar-refractivity contribution in [1.29, 1.82) is 0 Å². The van der Waals surface area contributed by atoms with Crippen molar-refractivity contribution in [2.75, 3.05) is 13.2 Å². The molecule has 1 aliphatic heterocycles. The summed E-state index contributed by atoms with van der Waals surface area (Å²) in [6.45, 7) is 5.50. The van der Waals surface area contributed by atoms with Crippen molar-refractivity contribution >= 4 is 11.9 Å². The lowest BCUT2D eigenvalue weighted by molar-refractivity contribution is -0.305. The molecule has 0 aromatic rings. The maximum Gasteiger partial charge on any atom is 0.306 e. The van der Waals surface area contributed by atoms with Gasteiger partial charge < -0.3 is 45.1 Å². The van der Waals surface area contributed by atoms with Crippen molar-refractivity contribution < 1.29 is 49.3 Å². The molecule has 11 nitrogen and oxygen atoms in total. The lowest BCUT2D eigenvalue weighted by Gasteiger charge is -2.41. The van der Waals surface area contributed by atoms with E-state index in [1.54, 1.807) is 6.08 Å². The van der Waals surface area contributed by atoms with Crippen LogP contribution in [0, 0.1) is 0 Å². The van der Waals surface area contributed by atoms with Crippen LogP contribution < -0.4 is 5.32 Å². The lowest BCUT2D eigenvalue weighted by atomic mass is 9.99. The monoisotopic (exact) mass is 958 g/mol. The van der Waals surface area contributed by atoms with E-state index in [0.717, 1.165) is 109 Å². The third kappa shape index (κ3) is 33.6. The van der Waals surface area contributed by atoms with Crippen LogP contribution in [0.15, 0.2) is 72.9 Å². The number of unbranched alkanes of at least 4 members (excludes halogenated alkanes) is 22. The minimum absolute atomic E-state index is 0.110. The van der Waals surface area contributed by atoms with Crippen molar-refractivity contribution in [3.63, 3.8) is 0 Å². The first-order valence-electron chi connectivity index (χ1n) is 27.2. The zero-order valence-electron chi connectivity index (χ0n) is 43.0. The summed E-state index contributed by atoms with van der Waals surface area (Å²) in [7, 11) is 0. The zero-order chi connectivity index (χ0) is 49.7. The molecule has 0 radical (unpaired) electrons. The van der Waals surface area contributed by atoms with Crippen LogP contribution in [-0.2, 0) is 23.8 Å². The van der Waals surface area contributed by atoms with Crippen LogP contribution in [0.1, 0.15) is 213 Å². The van der Waals surface area contributed by atoms with E-state index in [-0.39, 0.29) is 19.4 Å². The summed E-state index contributed by atoms with van der Waals surface area (Å²) in [6, 6.07) is -1.03. The maximum atomic E-state index is 13.3. The Labute approximate surface area is 413 Å². The average Bonchev–Trinajstić information content (AvgIpc) is 3.33. The van der Waals surface area contributed by atoms with Gasteiger partial charge in [0.15, 0.2) is 12.4 Å². The second-order valence-electron chi connectivity index (χ2n) is 18.6. The molecule has 1 saturated heterocycles. The Bertz CT molecular complexity index is 1380. The van der Waals surface area contributed by atoms with Crippen LogP contribution >= 0.6 is 0 Å². The van der Waals surface area contributed by atoms with Crippen molar-refractivity contribution in [2.45, 2.75) is 262 Å². The molecule has 1 rings (SSSR count). The third-order valence-corrected chi connectivity index (χ3v) is 12.4. The van der Waals surface area contributed by atoms with Gasteiger partial charge in [0.2, 0.25) is 5.91 Å². The van der Waals surface area contributed by atoms with Gasteiger partial charge >= 0.3 is 5.97 Å². The fourth-order valence-electron chi connectivity index (χ4n) is 8.10. The summed E-state index contributed by atoms with van der Waals surface area (Å²) in [5, 5.41) is 56.7. The number of ether oxygens (including phenoxy) is 3. The molecule has 11 heteroatoms. The Morgan fingerprint density at radius 1 is 0.603 bits per heavy atom. The standard InChI is InChI=1S/C57H99NO10/c1-4-7-10-13-16-19-22-24-26-29-32-35-38-41-44-50(61)56(65)58-48(49(60)43-40-37-34-31-28-21-18-15-12-9-6-3)47-66-57-55(54(64)53(63)51(46-59)67-57)68-52(62)45-42-39-36-33-30-27-25-23-20-17-14-11-8-5-2/h7-8,10-11,13,16-17,19-20,22,40,43,48-51,53-55,57,59-61,63-64H,4-6,9,12,14-15,18,21,23-39,41-42,44-47H2,1-3H3,(H,58,65)/b10-7+,11-8+,16-13+,20-17+,22-19+,43-40+. The molecule has 8 atom stereocenters. The number of carbonyl (C=O) groups excluding carboxylic acids is 2. The van der Waals surface area contributed by atoms with Gasteiger partial charge in [-0.05, 0) is 70.6 Å². The summed E-state index contributed by atoms with van der Waals surface area (Å²) < 4.78 is 17.5. The fraction of sp³-hybridized carbons (Fsp3) is 0.754. The first kappa shape index (κ1) is 63.1. The highest BCUT2D eigenvalue weighted by molar-refractivity contribution is 5.80. The SMILES string of the molecule is CC/C=C/C=C/C=C/CCCCCCCCC(O)C(=O)NC(COC1OC(CO)C(O)C(O)C1OC(=O)CCCCCCCCC/C=C/C/C=C/CC)C(O)/C=C/CCCCCCCCCCC. The Kier molecular flexibility index (Phi) is 42.0. The van der Waals surface area contributed by atoms with Gasteiger partial charge in [0, 0.05) is 6.42 Å². The molecule has 1 aliphatic rings. The Balaban J connectivity index is 2.76. The largest absolute Gasteiger partial charge is 0.454 e. The van der Waals surface area contributed by atoms with Gasteiger partial charge in [0.05, 0.1) is 25.4 Å². The molecule has 6 N–H and O–H groups in total. The van der Waals surface area contributed by atoms with Crippen molar-refractivity contribution in [3.05, 3.63) is 72.9 Å². The first-order valence-corrected chi connectivity index (χ1v) is 27.2. The number of aliphatic hydroxyl groups excluding tert-OH is 5. The second-order valence-corrected chi connectivity index (χ2v) is 18.6. The molecule has 392 valence electrons. The van der Waals surface area contributed by atoms with Gasteiger partial charge in [-0.3, -0.25) is 9.59 Å². The number of amides is 1. The molecule has 0 aromatic heterocycles. The molecule has 0 bridgehead atoms. The molecule has 0 aromatic carbocycles. The first-order chi connectivity index (χ1) is 33.2. The van der Waals surface area contributed by atoms with E-state index in [1.807, 2.05) is 18.2 Å². The highest BCUT2D eigenvalue weighted by atomic mass is 16.7. The van der Waals surface area contributed by atoms with E-state index in [4.69, 9.17) is 14.2 Å². The highest BCUT2D eigenvalue weighted by Crippen LogP contribution is 2.26. The van der Waals surface area contributed by atoms with E-state index >= 15 is 0 Å². The van der Waals surface area contributed by atoms with Crippen LogP contribution in [-0.4, -0.2) is 99.6 Å². The summed E-state index contributed by atoms with van der Waals surface area (Å²) in [5.41, 5.74) is 0. The fourth-order valence-corrected chi connectivity index (χ4v) is 8.10. The number of nitrogens with one attached hydrogen (secondary N) is 1. The van der Waals surface area contributed by atoms with Crippen LogP contribution in [0.2, 0.25) is 0 Å². The lowest BCUT2D eigenvalue weighted by Crippen LogP contribution is -2.61. The predicted octanol–water partition coefficient (Wildman–Crippen LogP) is 11.7. The second kappa shape index (κ2) is 45.3. The summed E-state index contributed by atoms with van der Waals surface area (Å²) in [4.78, 5) is 26.4. The van der Waals surface area contributed by atoms with Gasteiger partial charge in [0.25, 0.3) is 0 Å². The summed E-state index contributed by atoms with van der Waals surface area (Å²) >= 11 is 0. The minimum Gasteiger partial charge on any atom is -0.454 e. The Morgan fingerprint density at radius 3 is 1.74 bits per heavy atom. The summed E-state index contributed by atoms with van der Waals surface area (Å²) in [5.74, 6) is -1.22. The zero-order valence-corrected chi connectivity index (χ0v) is 43.0. The van der Waals surface area contributed by atoms with Crippen LogP contribution in [0.3, 0.4) is 0 Å². The number of rotatable bonds is 44. The molecule has 0 spiro atoms. The third-order valence-electron chi connectivity index (χ3n) is 12.4. The van der Waals surface area contributed by atoms with Gasteiger partial charge in [-0.1, -0.05) is 209 Å². The van der Waals surface area contributed by atoms with E-state index in [0.29, 0.717) is 12.8 Å². The molecule has 1 heterocycles. The molecular formula is C57H99NO10. The quantitative estimate of drug-likeness (QED) is 0.0149. The number of esters is 1. The van der Waals surface area contributed by atoms with Crippen molar-refractivity contribution in [3.8, 4) is 0 Å². The molecule has 0 aliphatic carbocycles. The van der Waals surface area contributed by atoms with E-state index < -0.39 is 67.4 Å². The Hall–Kier alpha value is -2.90. The molecule has 0 saturated carbocycles. The number of hydrogen-bond donors (Lipinski definition) is 6. The van der Waals surface area contributed by atoms with Gasteiger partial charge in [-0.15, -0.1) is 0 Å². The smallest absolute Gasteiger partial charge is 0.306 e. The highest BCUT2D eigenvalue weighted by Gasteiger charge is 2.47. The Morgan fingerprint density at radius 2 is 1.13 bits per heavy atom. The van der Waals surface area contributed by atoms with Gasteiger partial charge in [-0.25, -0.2) is 0 Å². The van der Waals surface area contributed by atoms with Crippen LogP contribution in [0.5, 0.6) is 0 Å². The van der Waals surface area contributed by atoms with Crippen LogP contribution in [0.4, 0.5) is 0 Å². The molecule has 1 amide bonds. The van der Waals surface area contributed by atoms with E-state index in [2.05, 4.69) is 74.7 Å². The summed E-state index contributed by atoms with van der Waals surface area (Å²) in [6.07, 6.45) is 45.2. The maximum absolute atomic E-state index is 13.3. The molecule has 8 unspecified atom stereocenters. The topological polar surface area (TPSA) is 175 Å². The predicted molar refractivity (Wildman–Crippen MR) is 278 cm³/mol. The van der Waals surface area contributed by atoms with Gasteiger partial charge in [-0.2, -0.15) is 0 Å². The minimum atomic E-state index is -1.62. The molecule has 1 fully saturated rings. The number of carbonyl (C=O) groups is 2. The number of allylic oxidation sites excluding steroid dienone is 11. The van der Waals surface area contributed by atoms with Crippen molar-refractivity contribution in [2.24, 2.45) is 0 Å². The van der Waals surface area contributed by atoms with E-state index in [1.165, 1.54) is 57.8 Å². The normalized spacial score (nSPS) is 20.5. The molecule has 68 heavy (non-hydrogen) atoms. The van der Waals surface area contributed by atoms with Crippen molar-refractivity contribution in [1.82, 2.24) is 5.32 Å². The van der Waals surface area contributed by atoms with Gasteiger partial charge in [0.1, 0.15) is 24.4 Å². The number of aliphatic hydroxyl groups is 5.